The number of hydrogen-bond donors (Lipinski definition) is 0. The van der Waals surface area contributed by atoms with Crippen LogP contribution in [0.5, 0.6) is 0 Å². The van der Waals surface area contributed by atoms with Gasteiger partial charge in [-0.05, 0) is 37.0 Å². The lowest BCUT2D eigenvalue weighted by molar-refractivity contribution is -0.384. The molecule has 2 aliphatic rings. The van der Waals surface area contributed by atoms with Gasteiger partial charge < -0.3 is 4.74 Å². The highest BCUT2D eigenvalue weighted by atomic mass is 32.2. The van der Waals surface area contributed by atoms with Gasteiger partial charge in [0.2, 0.25) is 11.8 Å². The molecule has 3 rings (SSSR count). The van der Waals surface area contributed by atoms with Gasteiger partial charge in [0, 0.05) is 24.6 Å². The van der Waals surface area contributed by atoms with Crippen LogP contribution in [-0.2, 0) is 14.3 Å². The van der Waals surface area contributed by atoms with Gasteiger partial charge in [0.05, 0.1) is 16.3 Å². The molecule has 0 spiro atoms. The predicted octanol–water partition coefficient (Wildman–Crippen LogP) is 3.01. The van der Waals surface area contributed by atoms with E-state index in [0.29, 0.717) is 27.9 Å². The molecule has 0 bridgehead atoms. The van der Waals surface area contributed by atoms with Crippen molar-refractivity contribution in [2.75, 3.05) is 5.75 Å². The molecule has 0 atom stereocenters. The van der Waals surface area contributed by atoms with E-state index in [-0.39, 0.29) is 23.2 Å². The lowest BCUT2D eigenvalue weighted by atomic mass is 10.2. The Hall–Kier alpha value is -3.60. The number of nitro benzene ring substituents is 1. The number of hydrogen-bond acceptors (Lipinski definition) is 9. The van der Waals surface area contributed by atoms with Crippen molar-refractivity contribution in [1.29, 1.82) is 0 Å². The van der Waals surface area contributed by atoms with Crippen molar-refractivity contribution in [3.8, 4) is 0 Å². The summed E-state index contributed by atoms with van der Waals surface area (Å²) >= 11 is 1.37. The molecule has 0 saturated carbocycles. The van der Waals surface area contributed by atoms with E-state index in [9.17, 15) is 19.7 Å². The van der Waals surface area contributed by atoms with Gasteiger partial charge in [-0.25, -0.2) is 14.8 Å². The maximum Gasteiger partial charge on any atom is 0.363 e. The van der Waals surface area contributed by atoms with Gasteiger partial charge in [0.1, 0.15) is 0 Å². The van der Waals surface area contributed by atoms with Gasteiger partial charge in [0.15, 0.2) is 10.9 Å². The minimum Gasteiger partial charge on any atom is -0.402 e. The van der Waals surface area contributed by atoms with E-state index >= 15 is 0 Å². The molecule has 0 unspecified atom stereocenters. The van der Waals surface area contributed by atoms with Gasteiger partial charge in [0.25, 0.3) is 5.69 Å². The number of esters is 1. The van der Waals surface area contributed by atoms with Crippen LogP contribution in [-0.4, -0.2) is 44.3 Å². The zero-order chi connectivity index (χ0) is 21.8. The molecule has 0 saturated heterocycles. The van der Waals surface area contributed by atoms with Gasteiger partial charge in [-0.2, -0.15) is 10.1 Å². The molecular weight excluding hydrogens is 410 g/mol. The largest absolute Gasteiger partial charge is 0.402 e. The number of benzene rings is 1. The number of non-ortho nitro benzene ring substituents is 1. The van der Waals surface area contributed by atoms with Crippen molar-refractivity contribution in [2.24, 2.45) is 15.1 Å². The van der Waals surface area contributed by atoms with E-state index in [0.717, 1.165) is 0 Å². The Morgan fingerprint density at radius 1 is 1.23 bits per heavy atom. The Kier molecular flexibility index (Phi) is 6.21. The fourth-order valence-electron chi connectivity index (χ4n) is 2.49. The van der Waals surface area contributed by atoms with E-state index in [1.54, 1.807) is 13.0 Å². The Balaban J connectivity index is 1.88. The first-order valence-electron chi connectivity index (χ1n) is 8.85. The number of rotatable bonds is 4. The van der Waals surface area contributed by atoms with Crippen molar-refractivity contribution in [3.05, 3.63) is 63.5 Å². The van der Waals surface area contributed by atoms with E-state index in [1.165, 1.54) is 54.0 Å². The number of ether oxygens (including phenoxy) is 1. The molecule has 11 heteroatoms. The number of carbonyl (C=O) groups is 2. The summed E-state index contributed by atoms with van der Waals surface area (Å²) in [4.78, 5) is 42.7. The number of nitrogens with zero attached hydrogens (tertiary/aromatic N) is 5. The molecule has 1 aromatic rings. The van der Waals surface area contributed by atoms with Gasteiger partial charge in [-0.1, -0.05) is 18.7 Å². The molecule has 0 radical (unpaired) electrons. The summed E-state index contributed by atoms with van der Waals surface area (Å²) < 4.78 is 5.16. The van der Waals surface area contributed by atoms with Crippen molar-refractivity contribution in [2.45, 2.75) is 20.8 Å². The average molecular weight is 427 g/mol. The van der Waals surface area contributed by atoms with Crippen LogP contribution in [0.4, 0.5) is 5.69 Å². The van der Waals surface area contributed by atoms with Crippen LogP contribution < -0.4 is 0 Å². The van der Waals surface area contributed by atoms with Crippen LogP contribution in [0.15, 0.2) is 62.9 Å². The number of amides is 1. The molecule has 0 fully saturated rings. The summed E-state index contributed by atoms with van der Waals surface area (Å²) in [6.07, 6.45) is 3.03. The van der Waals surface area contributed by atoms with E-state index in [1.807, 2.05) is 6.92 Å². The number of allylic oxidation sites excluding steroid dienone is 3. The second-order valence-corrected chi connectivity index (χ2v) is 7.29. The fraction of sp³-hybridized carbons (Fsp3) is 0.211. The highest BCUT2D eigenvalue weighted by molar-refractivity contribution is 8.13. The van der Waals surface area contributed by atoms with Crippen LogP contribution in [0.25, 0.3) is 0 Å². The van der Waals surface area contributed by atoms with Crippen molar-refractivity contribution in [1.82, 2.24) is 5.01 Å². The standard InChI is InChI=1S/C19H17N5O5S/c1-4-30-19-21-15(11(2)22-23(19)12(3)25)9-10-16-18(26)29-17(20-16)13-5-7-14(8-6-13)24(27)28/h5-10H,4H2,1-3H3/b15-9-,16-10+. The van der Waals surface area contributed by atoms with Crippen LogP contribution in [0.1, 0.15) is 26.3 Å². The number of thioether (sulfide) groups is 1. The second kappa shape index (κ2) is 8.82. The number of cyclic esters (lactones) is 1. The quantitative estimate of drug-likeness (QED) is 0.315. The van der Waals surface area contributed by atoms with Crippen LogP contribution >= 0.6 is 11.8 Å². The summed E-state index contributed by atoms with van der Waals surface area (Å²) in [6, 6.07) is 5.52. The molecule has 154 valence electrons. The molecule has 0 N–H and O–H groups in total. The number of amidine groups is 1. The Morgan fingerprint density at radius 2 is 1.90 bits per heavy atom. The molecule has 2 heterocycles. The number of hydrazone groups is 1. The fourth-order valence-corrected chi connectivity index (χ4v) is 3.20. The third-order valence-corrected chi connectivity index (χ3v) is 4.75. The Labute approximate surface area is 175 Å². The first-order chi connectivity index (χ1) is 14.3. The van der Waals surface area contributed by atoms with Gasteiger partial charge in [-0.3, -0.25) is 14.9 Å². The summed E-state index contributed by atoms with van der Waals surface area (Å²) in [6.45, 7) is 5.04. The predicted molar refractivity (Wildman–Crippen MR) is 113 cm³/mol. The molecule has 1 amide bonds. The summed E-state index contributed by atoms with van der Waals surface area (Å²) in [7, 11) is 0. The minimum atomic E-state index is -0.650. The van der Waals surface area contributed by atoms with E-state index in [4.69, 9.17) is 4.74 Å². The first kappa shape index (κ1) is 21.1. The van der Waals surface area contributed by atoms with Gasteiger partial charge >= 0.3 is 5.97 Å². The smallest absolute Gasteiger partial charge is 0.363 e. The Bertz CT molecular complexity index is 1070. The zero-order valence-electron chi connectivity index (χ0n) is 16.4. The molecule has 0 aliphatic carbocycles. The average Bonchev–Trinajstić information content (AvgIpc) is 3.08. The van der Waals surface area contributed by atoms with Gasteiger partial charge in [-0.15, -0.1) is 0 Å². The molecule has 10 nitrogen and oxygen atoms in total. The second-order valence-electron chi connectivity index (χ2n) is 6.06. The minimum absolute atomic E-state index is 0.0533. The SMILES string of the molecule is CCSC1=N/C(=C\C=C2\N=C(c3ccc([N+](=O)[O-])cc3)OC2=O)C(C)=NN1C(C)=O. The molecule has 2 aliphatic heterocycles. The monoisotopic (exact) mass is 427 g/mol. The Morgan fingerprint density at radius 3 is 2.50 bits per heavy atom. The third-order valence-electron chi connectivity index (χ3n) is 3.93. The first-order valence-corrected chi connectivity index (χ1v) is 9.84. The number of nitro groups is 1. The maximum absolute atomic E-state index is 12.1. The molecule has 1 aromatic carbocycles. The lowest BCUT2D eigenvalue weighted by Gasteiger charge is -2.22. The van der Waals surface area contributed by atoms with Crippen LogP contribution in [0, 0.1) is 10.1 Å². The number of carbonyl (C=O) groups excluding carboxylic acids is 2. The van der Waals surface area contributed by atoms with Crippen LogP contribution in [0.3, 0.4) is 0 Å². The van der Waals surface area contributed by atoms with Crippen molar-refractivity contribution >= 4 is 46.1 Å². The zero-order valence-corrected chi connectivity index (χ0v) is 17.2. The molecule has 30 heavy (non-hydrogen) atoms. The summed E-state index contributed by atoms with van der Waals surface area (Å²) in [5.74, 6) is -0.130. The number of aliphatic imine (C=N–C) groups is 2. The normalized spacial score (nSPS) is 18.8. The lowest BCUT2D eigenvalue weighted by Crippen LogP contribution is -2.32. The third kappa shape index (κ3) is 4.51. The van der Waals surface area contributed by atoms with Crippen molar-refractivity contribution < 1.29 is 19.2 Å². The van der Waals surface area contributed by atoms with Crippen LogP contribution in [0.2, 0.25) is 0 Å². The topological polar surface area (TPSA) is 127 Å². The summed E-state index contributed by atoms with van der Waals surface area (Å²) in [5.41, 5.74) is 1.42. The van der Waals surface area contributed by atoms with E-state index < -0.39 is 10.9 Å². The molecular formula is C19H17N5O5S. The highest BCUT2D eigenvalue weighted by Gasteiger charge is 2.25. The maximum atomic E-state index is 12.1. The molecule has 0 aromatic heterocycles. The van der Waals surface area contributed by atoms with Crippen molar-refractivity contribution in [3.63, 3.8) is 0 Å². The highest BCUT2D eigenvalue weighted by Crippen LogP contribution is 2.22. The summed E-state index contributed by atoms with van der Waals surface area (Å²) in [5, 5.41) is 16.7. The van der Waals surface area contributed by atoms with E-state index in [2.05, 4.69) is 15.1 Å².